The van der Waals surface area contributed by atoms with Crippen molar-refractivity contribution in [3.8, 4) is 0 Å². The number of hydrogen-bond acceptors (Lipinski definition) is 3. The van der Waals surface area contributed by atoms with E-state index >= 15 is 0 Å². The molecule has 0 aromatic rings. The Labute approximate surface area is 379 Å². The molecule has 0 aromatic carbocycles. The maximum atomic E-state index is 12.4. The van der Waals surface area contributed by atoms with Gasteiger partial charge in [0, 0.05) is 6.42 Å². The van der Waals surface area contributed by atoms with E-state index in [1.807, 2.05) is 6.08 Å². The number of rotatable bonds is 46. The molecule has 4 heteroatoms. The fraction of sp³-hybridized carbons (Fsp3) is 0.702. The number of unbranched alkanes of at least 4 members (excludes halogenated alkanes) is 25. The molecule has 0 radical (unpaired) electrons. The lowest BCUT2D eigenvalue weighted by atomic mass is 10.0. The molecule has 61 heavy (non-hydrogen) atoms. The van der Waals surface area contributed by atoms with Crippen molar-refractivity contribution in [1.82, 2.24) is 5.32 Å². The molecule has 0 bridgehead atoms. The SMILES string of the molecule is CC/C=C\C/C=C\C/C=C\C/C=C\C/C=C\CCCCCCCCCCCCCCCC(=O)NC(CO)C(O)/C=C/CC/C=C/CC/C=C/CCCCCCCCCCCC. The van der Waals surface area contributed by atoms with Crippen LogP contribution in [-0.2, 0) is 4.79 Å². The summed E-state index contributed by atoms with van der Waals surface area (Å²) in [5.74, 6) is -0.0823. The zero-order valence-corrected chi connectivity index (χ0v) is 40.2. The number of aliphatic hydroxyl groups excluding tert-OH is 2. The zero-order chi connectivity index (χ0) is 44.2. The first kappa shape index (κ1) is 58.3. The molecule has 1 amide bonds. The molecule has 0 aromatic heterocycles. The Morgan fingerprint density at radius 1 is 0.410 bits per heavy atom. The van der Waals surface area contributed by atoms with Crippen molar-refractivity contribution in [1.29, 1.82) is 0 Å². The molecule has 350 valence electrons. The zero-order valence-electron chi connectivity index (χ0n) is 40.2. The highest BCUT2D eigenvalue weighted by Gasteiger charge is 2.17. The second-order valence-corrected chi connectivity index (χ2v) is 17.2. The summed E-state index contributed by atoms with van der Waals surface area (Å²) in [6.45, 7) is 4.18. The van der Waals surface area contributed by atoms with Gasteiger partial charge in [-0.15, -0.1) is 0 Å². The number of allylic oxidation sites excluding steroid dienone is 15. The first-order valence-corrected chi connectivity index (χ1v) is 26.0. The Balaban J connectivity index is 3.61. The van der Waals surface area contributed by atoms with Crippen LogP contribution in [0.1, 0.15) is 239 Å². The summed E-state index contributed by atoms with van der Waals surface area (Å²) >= 11 is 0. The standard InChI is InChI=1S/C57H99NO3/c1-3-5-7-9-11-13-15-17-19-21-23-25-26-27-28-29-30-31-32-33-35-37-39-41-43-45-47-49-51-53-57(61)58-55(54-59)56(60)52-50-48-46-44-42-40-38-36-34-24-22-20-18-16-14-12-10-8-6-4-2/h5,7,11,13,17,19,23,25,27-28,34,36,42,44,50,52,55-56,59-60H,3-4,6,8-10,12,14-16,18,20-22,24,26,29-33,35,37-41,43,45-49,51,53-54H2,1-2H3,(H,58,61)/b7-5-,13-11-,19-17-,25-23-,28-27-,36-34+,44-42+,52-50+. The van der Waals surface area contributed by atoms with E-state index in [1.165, 1.54) is 148 Å². The Morgan fingerprint density at radius 2 is 0.738 bits per heavy atom. The maximum absolute atomic E-state index is 12.4. The number of carbonyl (C=O) groups excluding carboxylic acids is 1. The third-order valence-electron chi connectivity index (χ3n) is 11.3. The summed E-state index contributed by atoms with van der Waals surface area (Å²) < 4.78 is 0. The van der Waals surface area contributed by atoms with E-state index in [0.717, 1.165) is 70.6 Å². The average molecular weight is 846 g/mol. The second kappa shape index (κ2) is 51.7. The summed E-state index contributed by atoms with van der Waals surface area (Å²) in [6, 6.07) is -0.652. The molecule has 4 nitrogen and oxygen atoms in total. The molecular formula is C57H99NO3. The highest BCUT2D eigenvalue weighted by Crippen LogP contribution is 2.15. The molecule has 3 N–H and O–H groups in total. The lowest BCUT2D eigenvalue weighted by Gasteiger charge is -2.19. The molecule has 0 aliphatic carbocycles. The van der Waals surface area contributed by atoms with Gasteiger partial charge in [0.05, 0.1) is 18.8 Å². The van der Waals surface area contributed by atoms with E-state index in [4.69, 9.17) is 0 Å². The van der Waals surface area contributed by atoms with Gasteiger partial charge in [-0.2, -0.15) is 0 Å². The van der Waals surface area contributed by atoms with E-state index in [9.17, 15) is 15.0 Å². The van der Waals surface area contributed by atoms with Crippen LogP contribution in [0.3, 0.4) is 0 Å². The fourth-order valence-electron chi connectivity index (χ4n) is 7.35. The van der Waals surface area contributed by atoms with E-state index < -0.39 is 12.1 Å². The number of carbonyl (C=O) groups is 1. The van der Waals surface area contributed by atoms with Crippen LogP contribution in [0.2, 0.25) is 0 Å². The van der Waals surface area contributed by atoms with Gasteiger partial charge in [0.25, 0.3) is 0 Å². The minimum atomic E-state index is -0.876. The average Bonchev–Trinajstić information content (AvgIpc) is 3.26. The van der Waals surface area contributed by atoms with Crippen molar-refractivity contribution >= 4 is 5.91 Å². The second-order valence-electron chi connectivity index (χ2n) is 17.2. The van der Waals surface area contributed by atoms with Crippen LogP contribution in [0.15, 0.2) is 97.2 Å². The van der Waals surface area contributed by atoms with E-state index in [1.54, 1.807) is 6.08 Å². The van der Waals surface area contributed by atoms with Gasteiger partial charge in [-0.25, -0.2) is 0 Å². The summed E-state index contributed by atoms with van der Waals surface area (Å²) in [5, 5.41) is 23.1. The van der Waals surface area contributed by atoms with Crippen molar-refractivity contribution < 1.29 is 15.0 Å². The molecule has 0 saturated heterocycles. The molecule has 0 rings (SSSR count). The number of hydrogen-bond donors (Lipinski definition) is 3. The maximum Gasteiger partial charge on any atom is 0.220 e. The molecular weight excluding hydrogens is 747 g/mol. The molecule has 0 fully saturated rings. The van der Waals surface area contributed by atoms with Gasteiger partial charge in [0.2, 0.25) is 5.91 Å². The van der Waals surface area contributed by atoms with Crippen molar-refractivity contribution in [2.75, 3.05) is 6.61 Å². The van der Waals surface area contributed by atoms with Crippen molar-refractivity contribution in [2.24, 2.45) is 0 Å². The summed E-state index contributed by atoms with van der Waals surface area (Å²) in [6.07, 6.45) is 76.9. The third-order valence-corrected chi connectivity index (χ3v) is 11.3. The minimum Gasteiger partial charge on any atom is -0.394 e. The monoisotopic (exact) mass is 846 g/mol. The predicted octanol–water partition coefficient (Wildman–Crippen LogP) is 17.0. The first-order valence-electron chi connectivity index (χ1n) is 26.0. The summed E-state index contributed by atoms with van der Waals surface area (Å²) in [7, 11) is 0. The minimum absolute atomic E-state index is 0.0823. The highest BCUT2D eigenvalue weighted by molar-refractivity contribution is 5.76. The van der Waals surface area contributed by atoms with Crippen LogP contribution in [0.25, 0.3) is 0 Å². The molecule has 2 atom stereocenters. The molecule has 0 aliphatic heterocycles. The number of aliphatic hydroxyl groups is 2. The predicted molar refractivity (Wildman–Crippen MR) is 271 cm³/mol. The first-order chi connectivity index (χ1) is 30.2. The van der Waals surface area contributed by atoms with Crippen LogP contribution in [-0.4, -0.2) is 34.9 Å². The molecule has 2 unspecified atom stereocenters. The van der Waals surface area contributed by atoms with Crippen molar-refractivity contribution in [2.45, 2.75) is 251 Å². The van der Waals surface area contributed by atoms with Crippen LogP contribution < -0.4 is 5.32 Å². The van der Waals surface area contributed by atoms with Crippen molar-refractivity contribution in [3.63, 3.8) is 0 Å². The lowest BCUT2D eigenvalue weighted by molar-refractivity contribution is -0.123. The Kier molecular flexibility index (Phi) is 49.4. The quantitative estimate of drug-likeness (QED) is 0.0422. The van der Waals surface area contributed by atoms with Gasteiger partial charge in [-0.05, 0) is 89.9 Å². The Morgan fingerprint density at radius 3 is 1.15 bits per heavy atom. The highest BCUT2D eigenvalue weighted by atomic mass is 16.3. The van der Waals surface area contributed by atoms with Crippen molar-refractivity contribution in [3.05, 3.63) is 97.2 Å². The van der Waals surface area contributed by atoms with E-state index in [2.05, 4.69) is 104 Å². The molecule has 0 aliphatic rings. The lowest BCUT2D eigenvalue weighted by Crippen LogP contribution is -2.45. The van der Waals surface area contributed by atoms with Gasteiger partial charge in [-0.3, -0.25) is 4.79 Å². The molecule has 0 saturated carbocycles. The van der Waals surface area contributed by atoms with Crippen LogP contribution >= 0.6 is 0 Å². The number of amides is 1. The summed E-state index contributed by atoms with van der Waals surface area (Å²) in [4.78, 5) is 12.4. The largest absolute Gasteiger partial charge is 0.394 e. The normalized spacial score (nSPS) is 13.7. The van der Waals surface area contributed by atoms with Gasteiger partial charge in [0.15, 0.2) is 0 Å². The topological polar surface area (TPSA) is 69.6 Å². The Bertz CT molecular complexity index is 1140. The third kappa shape index (κ3) is 48.2. The smallest absolute Gasteiger partial charge is 0.220 e. The van der Waals surface area contributed by atoms with Crippen LogP contribution in [0.4, 0.5) is 0 Å². The van der Waals surface area contributed by atoms with Gasteiger partial charge >= 0.3 is 0 Å². The fourth-order valence-corrected chi connectivity index (χ4v) is 7.35. The molecule has 0 heterocycles. The molecule has 0 spiro atoms. The van der Waals surface area contributed by atoms with E-state index in [0.29, 0.717) is 6.42 Å². The van der Waals surface area contributed by atoms with Gasteiger partial charge in [-0.1, -0.05) is 239 Å². The van der Waals surface area contributed by atoms with Gasteiger partial charge < -0.3 is 15.5 Å². The summed E-state index contributed by atoms with van der Waals surface area (Å²) in [5.41, 5.74) is 0. The van der Waals surface area contributed by atoms with Crippen LogP contribution in [0.5, 0.6) is 0 Å². The number of nitrogens with one attached hydrogen (secondary N) is 1. The van der Waals surface area contributed by atoms with Gasteiger partial charge in [0.1, 0.15) is 0 Å². The Hall–Kier alpha value is -2.69. The van der Waals surface area contributed by atoms with E-state index in [-0.39, 0.29) is 12.5 Å². The van der Waals surface area contributed by atoms with Crippen LogP contribution in [0, 0.1) is 0 Å².